The summed E-state index contributed by atoms with van der Waals surface area (Å²) < 4.78 is 19.6. The Kier molecular flexibility index (Phi) is 4.09. The first-order valence-electron chi connectivity index (χ1n) is 9.56. The van der Waals surface area contributed by atoms with Gasteiger partial charge in [-0.15, -0.1) is 0 Å². The van der Waals surface area contributed by atoms with Gasteiger partial charge in [-0.1, -0.05) is 5.16 Å². The number of hydrogen-bond donors (Lipinski definition) is 2. The lowest BCUT2D eigenvalue weighted by atomic mass is 10.1. The highest BCUT2D eigenvalue weighted by Crippen LogP contribution is 2.30. The molecule has 0 spiro atoms. The number of aromatic nitrogens is 3. The van der Waals surface area contributed by atoms with E-state index in [4.69, 9.17) is 4.52 Å². The van der Waals surface area contributed by atoms with Gasteiger partial charge in [0.25, 0.3) is 5.91 Å². The fourth-order valence-corrected chi connectivity index (χ4v) is 3.97. The summed E-state index contributed by atoms with van der Waals surface area (Å²) in [5.74, 6) is -0.232. The van der Waals surface area contributed by atoms with Crippen molar-refractivity contribution < 1.29 is 13.7 Å². The van der Waals surface area contributed by atoms with Crippen LogP contribution in [0.2, 0.25) is 0 Å². The number of imidazole rings is 1. The average Bonchev–Trinajstić information content (AvgIpc) is 3.39. The summed E-state index contributed by atoms with van der Waals surface area (Å²) in [7, 11) is 2.10. The smallest absolute Gasteiger partial charge is 0.258 e. The standard InChI is InChI=1S/C21H20FN5O2/c1-11-13-9-15(22)14(10-19(13)29-26-11)21(28)23-12-5-6-16-17(8-12)25-20(24-16)18-4-3-7-27(18)2/h5-6,8-10,18H,3-4,7H2,1-2H3,(H,23,28)(H,24,25)/t18-/m1/s1. The van der Waals surface area contributed by atoms with E-state index < -0.39 is 11.7 Å². The normalized spacial score (nSPS) is 17.4. The van der Waals surface area contributed by atoms with E-state index in [0.29, 0.717) is 22.4 Å². The van der Waals surface area contributed by atoms with E-state index >= 15 is 0 Å². The number of benzene rings is 2. The monoisotopic (exact) mass is 393 g/mol. The van der Waals surface area contributed by atoms with Crippen LogP contribution in [0.5, 0.6) is 0 Å². The molecule has 3 heterocycles. The minimum Gasteiger partial charge on any atom is -0.356 e. The molecule has 1 fully saturated rings. The third kappa shape index (κ3) is 3.05. The number of hydrogen-bond acceptors (Lipinski definition) is 5. The largest absolute Gasteiger partial charge is 0.356 e. The molecule has 29 heavy (non-hydrogen) atoms. The van der Waals surface area contributed by atoms with Gasteiger partial charge in [0.1, 0.15) is 11.6 Å². The second-order valence-corrected chi connectivity index (χ2v) is 7.54. The van der Waals surface area contributed by atoms with Gasteiger partial charge in [0.2, 0.25) is 0 Å². The summed E-state index contributed by atoms with van der Waals surface area (Å²) in [5.41, 5.74) is 3.10. The van der Waals surface area contributed by atoms with Crippen molar-refractivity contribution in [2.24, 2.45) is 0 Å². The molecule has 0 saturated carbocycles. The van der Waals surface area contributed by atoms with E-state index in [0.717, 1.165) is 36.2 Å². The number of aromatic amines is 1. The van der Waals surface area contributed by atoms with Crippen LogP contribution in [-0.4, -0.2) is 39.5 Å². The quantitative estimate of drug-likeness (QED) is 0.545. The Hall–Kier alpha value is -3.26. The number of aryl methyl sites for hydroxylation is 1. The summed E-state index contributed by atoms with van der Waals surface area (Å²) in [4.78, 5) is 23.0. The van der Waals surface area contributed by atoms with Gasteiger partial charge in [-0.25, -0.2) is 9.37 Å². The molecule has 8 heteroatoms. The molecule has 0 aliphatic carbocycles. The molecular weight excluding hydrogens is 373 g/mol. The van der Waals surface area contributed by atoms with Gasteiger partial charge in [-0.2, -0.15) is 0 Å². The highest BCUT2D eigenvalue weighted by molar-refractivity contribution is 6.06. The molecule has 1 atom stereocenters. The highest BCUT2D eigenvalue weighted by atomic mass is 19.1. The van der Waals surface area contributed by atoms with Crippen LogP contribution in [-0.2, 0) is 0 Å². The third-order valence-corrected chi connectivity index (χ3v) is 5.58. The Morgan fingerprint density at radius 1 is 1.34 bits per heavy atom. The Balaban J connectivity index is 1.42. The molecule has 0 bridgehead atoms. The van der Waals surface area contributed by atoms with Crippen molar-refractivity contribution in [1.29, 1.82) is 0 Å². The molecule has 1 saturated heterocycles. The topological polar surface area (TPSA) is 87.1 Å². The number of amides is 1. The summed E-state index contributed by atoms with van der Waals surface area (Å²) in [6.45, 7) is 2.78. The van der Waals surface area contributed by atoms with Crippen LogP contribution < -0.4 is 5.32 Å². The maximum atomic E-state index is 14.4. The fraction of sp³-hybridized carbons (Fsp3) is 0.286. The first kappa shape index (κ1) is 17.8. The van der Waals surface area contributed by atoms with Gasteiger partial charge in [0, 0.05) is 11.1 Å². The van der Waals surface area contributed by atoms with Gasteiger partial charge in [-0.3, -0.25) is 9.69 Å². The number of rotatable bonds is 3. The summed E-state index contributed by atoms with van der Waals surface area (Å²) >= 11 is 0. The van der Waals surface area contributed by atoms with Crippen molar-refractivity contribution in [3.05, 3.63) is 53.2 Å². The number of H-pyrrole nitrogens is 1. The molecule has 2 aromatic heterocycles. The third-order valence-electron chi connectivity index (χ3n) is 5.58. The number of carbonyl (C=O) groups excluding carboxylic acids is 1. The summed E-state index contributed by atoms with van der Waals surface area (Å²) in [5, 5.41) is 7.12. The number of nitrogens with one attached hydrogen (secondary N) is 2. The van der Waals surface area contributed by atoms with Crippen LogP contribution in [0.25, 0.3) is 22.0 Å². The van der Waals surface area contributed by atoms with Crippen LogP contribution in [0.1, 0.15) is 40.8 Å². The summed E-state index contributed by atoms with van der Waals surface area (Å²) in [6, 6.07) is 8.36. The summed E-state index contributed by atoms with van der Waals surface area (Å²) in [6.07, 6.45) is 2.23. The number of halogens is 1. The van der Waals surface area contributed by atoms with Gasteiger partial charge in [0.15, 0.2) is 5.58 Å². The number of likely N-dealkylation sites (tertiary alicyclic amines) is 1. The number of fused-ring (bicyclic) bond motifs is 2. The molecule has 7 nitrogen and oxygen atoms in total. The molecule has 2 N–H and O–H groups in total. The number of carbonyl (C=O) groups is 1. The zero-order valence-corrected chi connectivity index (χ0v) is 16.1. The van der Waals surface area contributed by atoms with E-state index in [1.54, 1.807) is 13.0 Å². The van der Waals surface area contributed by atoms with Crippen LogP contribution in [0, 0.1) is 12.7 Å². The van der Waals surface area contributed by atoms with Gasteiger partial charge in [0.05, 0.1) is 28.3 Å². The molecule has 2 aromatic carbocycles. The molecule has 5 rings (SSSR count). The molecule has 0 unspecified atom stereocenters. The van der Waals surface area contributed by atoms with Crippen molar-refractivity contribution in [3.8, 4) is 0 Å². The van der Waals surface area contributed by atoms with Crippen molar-refractivity contribution in [2.75, 3.05) is 18.9 Å². The van der Waals surface area contributed by atoms with Crippen LogP contribution in [0.15, 0.2) is 34.9 Å². The second kappa shape index (κ2) is 6.66. The predicted molar refractivity (Wildman–Crippen MR) is 107 cm³/mol. The second-order valence-electron chi connectivity index (χ2n) is 7.54. The van der Waals surface area contributed by atoms with E-state index in [-0.39, 0.29) is 11.6 Å². The highest BCUT2D eigenvalue weighted by Gasteiger charge is 2.25. The first-order chi connectivity index (χ1) is 14.0. The Labute approximate surface area is 165 Å². The van der Waals surface area contributed by atoms with Gasteiger partial charge >= 0.3 is 0 Å². The minimum absolute atomic E-state index is 0.0911. The van der Waals surface area contributed by atoms with E-state index in [1.807, 2.05) is 12.1 Å². The Morgan fingerprint density at radius 2 is 2.21 bits per heavy atom. The number of anilines is 1. The molecule has 1 aliphatic rings. The molecular formula is C21H20FN5O2. The van der Waals surface area contributed by atoms with Crippen molar-refractivity contribution in [2.45, 2.75) is 25.8 Å². The van der Waals surface area contributed by atoms with Crippen molar-refractivity contribution in [1.82, 2.24) is 20.0 Å². The van der Waals surface area contributed by atoms with Crippen LogP contribution in [0.4, 0.5) is 10.1 Å². The van der Waals surface area contributed by atoms with Crippen LogP contribution >= 0.6 is 0 Å². The number of nitrogens with zero attached hydrogens (tertiary/aromatic N) is 3. The fourth-order valence-electron chi connectivity index (χ4n) is 3.97. The van der Waals surface area contributed by atoms with Gasteiger partial charge in [-0.05, 0) is 63.7 Å². The van der Waals surface area contributed by atoms with Gasteiger partial charge < -0.3 is 14.8 Å². The lowest BCUT2D eigenvalue weighted by Gasteiger charge is -2.16. The molecule has 0 radical (unpaired) electrons. The lowest BCUT2D eigenvalue weighted by Crippen LogP contribution is -2.18. The lowest BCUT2D eigenvalue weighted by molar-refractivity contribution is 0.102. The zero-order chi connectivity index (χ0) is 20.1. The first-order valence-corrected chi connectivity index (χ1v) is 9.56. The average molecular weight is 393 g/mol. The molecule has 1 amide bonds. The Bertz CT molecular complexity index is 1240. The molecule has 4 aromatic rings. The van der Waals surface area contributed by atoms with Crippen LogP contribution in [0.3, 0.4) is 0 Å². The Morgan fingerprint density at radius 3 is 3.00 bits per heavy atom. The minimum atomic E-state index is -0.615. The maximum Gasteiger partial charge on any atom is 0.258 e. The van der Waals surface area contributed by atoms with Crippen molar-refractivity contribution >= 4 is 33.6 Å². The predicted octanol–water partition coefficient (Wildman–Crippen LogP) is 4.17. The maximum absolute atomic E-state index is 14.4. The van der Waals surface area contributed by atoms with Crippen molar-refractivity contribution in [3.63, 3.8) is 0 Å². The molecule has 148 valence electrons. The molecule has 1 aliphatic heterocycles. The SMILES string of the molecule is Cc1noc2cc(C(=O)Nc3ccc4nc([C@H]5CCCN5C)[nH]c4c3)c(F)cc12. The van der Waals surface area contributed by atoms with E-state index in [2.05, 4.69) is 32.4 Å². The van der Waals surface area contributed by atoms with E-state index in [9.17, 15) is 9.18 Å². The zero-order valence-electron chi connectivity index (χ0n) is 16.1. The van der Waals surface area contributed by atoms with E-state index in [1.165, 1.54) is 12.1 Å².